The predicted octanol–water partition coefficient (Wildman–Crippen LogP) is 3.03. The summed E-state index contributed by atoms with van der Waals surface area (Å²) in [5, 5.41) is 13.8. The number of amides is 1. The number of phenols is 1. The van der Waals surface area contributed by atoms with Gasteiger partial charge in [0.25, 0.3) is 0 Å². The van der Waals surface area contributed by atoms with Crippen LogP contribution in [-0.2, 0) is 21.4 Å². The smallest absolute Gasteiger partial charge is 0.217 e. The summed E-state index contributed by atoms with van der Waals surface area (Å²) in [5.41, 5.74) is 7.67. The molecule has 0 aromatic heterocycles. The second-order valence-electron chi connectivity index (χ2n) is 7.39. The van der Waals surface area contributed by atoms with Crippen molar-refractivity contribution in [1.82, 2.24) is 5.32 Å². The highest BCUT2D eigenvalue weighted by atomic mass is 16.5. The van der Waals surface area contributed by atoms with Crippen molar-refractivity contribution in [3.05, 3.63) is 29.3 Å². The van der Waals surface area contributed by atoms with E-state index in [1.807, 2.05) is 12.1 Å². The van der Waals surface area contributed by atoms with Crippen molar-refractivity contribution in [3.63, 3.8) is 0 Å². The van der Waals surface area contributed by atoms with Crippen LogP contribution in [-0.4, -0.2) is 36.8 Å². The summed E-state index contributed by atoms with van der Waals surface area (Å²) >= 11 is 0. The van der Waals surface area contributed by atoms with Crippen LogP contribution in [0.15, 0.2) is 18.2 Å². The Balaban J connectivity index is 2.15. The molecule has 2 atom stereocenters. The molecule has 2 rings (SSSR count). The third-order valence-corrected chi connectivity index (χ3v) is 6.05. The summed E-state index contributed by atoms with van der Waals surface area (Å²) < 4.78 is 5.87. The van der Waals surface area contributed by atoms with Gasteiger partial charge in [-0.05, 0) is 55.5 Å². The first-order chi connectivity index (χ1) is 12.5. The summed E-state index contributed by atoms with van der Waals surface area (Å²) in [4.78, 5) is 10.8. The zero-order valence-corrected chi connectivity index (χ0v) is 16.4. The third kappa shape index (κ3) is 4.38. The molecule has 1 aromatic rings. The van der Waals surface area contributed by atoms with E-state index in [2.05, 4.69) is 19.2 Å². The topological polar surface area (TPSA) is 84.6 Å². The summed E-state index contributed by atoms with van der Waals surface area (Å²) in [6, 6.07) is 5.95. The highest BCUT2D eigenvalue weighted by Crippen LogP contribution is 2.44. The fraction of sp³-hybridized carbons (Fsp3) is 0.667. The standard InChI is InChI=1S/C21H34N2O3/c1-4-21(5-2)17-14-16(24)11-10-15(17)13-18(26-3)20(21)23-12-8-6-7-9-19(22)25/h10-11,14,18,20,23-24H,4-9,12-13H2,1-3H3,(H2,22,25). The molecule has 4 N–H and O–H groups in total. The lowest BCUT2D eigenvalue weighted by Crippen LogP contribution is -2.59. The molecule has 0 bridgehead atoms. The summed E-state index contributed by atoms with van der Waals surface area (Å²) in [6.07, 6.45) is 6.24. The van der Waals surface area contributed by atoms with Gasteiger partial charge in [0.05, 0.1) is 6.10 Å². The van der Waals surface area contributed by atoms with Gasteiger partial charge in [0, 0.05) is 31.4 Å². The number of carbonyl (C=O) groups excluding carboxylic acids is 1. The van der Waals surface area contributed by atoms with E-state index in [1.54, 1.807) is 13.2 Å². The summed E-state index contributed by atoms with van der Waals surface area (Å²) in [6.45, 7) is 5.33. The molecule has 26 heavy (non-hydrogen) atoms. The van der Waals surface area contributed by atoms with Gasteiger partial charge in [-0.1, -0.05) is 26.3 Å². The van der Waals surface area contributed by atoms with Gasteiger partial charge >= 0.3 is 0 Å². The van der Waals surface area contributed by atoms with Gasteiger partial charge in [-0.3, -0.25) is 4.79 Å². The van der Waals surface area contributed by atoms with Crippen LogP contribution in [0.5, 0.6) is 5.75 Å². The summed E-state index contributed by atoms with van der Waals surface area (Å²) in [7, 11) is 1.79. The van der Waals surface area contributed by atoms with Gasteiger partial charge in [-0.15, -0.1) is 0 Å². The summed E-state index contributed by atoms with van der Waals surface area (Å²) in [5.74, 6) is 0.105. The van der Waals surface area contributed by atoms with Crippen molar-refractivity contribution in [3.8, 4) is 5.75 Å². The number of nitrogens with one attached hydrogen (secondary N) is 1. The van der Waals surface area contributed by atoms with E-state index in [0.717, 1.165) is 45.1 Å². The largest absolute Gasteiger partial charge is 0.508 e. The number of rotatable bonds is 10. The van der Waals surface area contributed by atoms with E-state index >= 15 is 0 Å². The highest BCUT2D eigenvalue weighted by molar-refractivity contribution is 5.73. The van der Waals surface area contributed by atoms with Crippen LogP contribution in [0.1, 0.15) is 63.5 Å². The molecule has 1 amide bonds. The van der Waals surface area contributed by atoms with Crippen molar-refractivity contribution in [2.45, 2.75) is 76.4 Å². The normalized spacial score (nSPS) is 21.3. The van der Waals surface area contributed by atoms with Crippen LogP contribution in [0.3, 0.4) is 0 Å². The van der Waals surface area contributed by atoms with Crippen LogP contribution in [0.25, 0.3) is 0 Å². The Labute approximate surface area is 157 Å². The fourth-order valence-electron chi connectivity index (χ4n) is 4.54. The number of methoxy groups -OCH3 is 1. The van der Waals surface area contributed by atoms with Crippen molar-refractivity contribution in [2.75, 3.05) is 13.7 Å². The number of carbonyl (C=O) groups is 1. The van der Waals surface area contributed by atoms with E-state index in [-0.39, 0.29) is 23.5 Å². The lowest BCUT2D eigenvalue weighted by Gasteiger charge is -2.49. The first kappa shape index (κ1) is 20.7. The van der Waals surface area contributed by atoms with Crippen molar-refractivity contribution in [1.29, 1.82) is 0 Å². The minimum atomic E-state index is -0.225. The molecule has 146 valence electrons. The Morgan fingerprint density at radius 3 is 2.65 bits per heavy atom. The minimum absolute atomic E-state index is 0.0553. The number of phenolic OH excluding ortho intramolecular Hbond substituents is 1. The van der Waals surface area contributed by atoms with Crippen LogP contribution in [0.2, 0.25) is 0 Å². The van der Waals surface area contributed by atoms with Gasteiger partial charge in [0.15, 0.2) is 0 Å². The molecule has 1 aromatic carbocycles. The Hall–Kier alpha value is -1.59. The average Bonchev–Trinajstić information content (AvgIpc) is 2.63. The number of benzene rings is 1. The number of ether oxygens (including phenoxy) is 1. The minimum Gasteiger partial charge on any atom is -0.508 e. The van der Waals surface area contributed by atoms with Crippen molar-refractivity contribution >= 4 is 5.91 Å². The number of fused-ring (bicyclic) bond motifs is 1. The Morgan fingerprint density at radius 1 is 1.31 bits per heavy atom. The second-order valence-corrected chi connectivity index (χ2v) is 7.39. The lowest BCUT2D eigenvalue weighted by molar-refractivity contribution is -0.118. The number of nitrogens with two attached hydrogens (primary N) is 1. The van der Waals surface area contributed by atoms with E-state index < -0.39 is 0 Å². The number of aromatic hydroxyl groups is 1. The van der Waals surface area contributed by atoms with Gasteiger partial charge in [-0.25, -0.2) is 0 Å². The maximum absolute atomic E-state index is 10.8. The van der Waals surface area contributed by atoms with E-state index in [9.17, 15) is 9.90 Å². The van der Waals surface area contributed by atoms with Crippen LogP contribution < -0.4 is 11.1 Å². The molecule has 0 radical (unpaired) electrons. The fourth-order valence-corrected chi connectivity index (χ4v) is 4.54. The highest BCUT2D eigenvalue weighted by Gasteiger charge is 2.46. The van der Waals surface area contributed by atoms with Crippen LogP contribution >= 0.6 is 0 Å². The molecule has 0 saturated carbocycles. The van der Waals surface area contributed by atoms with Gasteiger partial charge in [0.1, 0.15) is 5.75 Å². The molecule has 5 nitrogen and oxygen atoms in total. The maximum Gasteiger partial charge on any atom is 0.217 e. The number of primary amides is 1. The lowest BCUT2D eigenvalue weighted by atomic mass is 9.62. The SMILES string of the molecule is CCC1(CC)c2cc(O)ccc2CC(OC)C1NCCCCCC(N)=O. The maximum atomic E-state index is 10.8. The Bertz CT molecular complexity index is 599. The molecular weight excluding hydrogens is 328 g/mol. The molecule has 1 aliphatic carbocycles. The van der Waals surface area contributed by atoms with E-state index in [4.69, 9.17) is 10.5 Å². The first-order valence-corrected chi connectivity index (χ1v) is 9.85. The van der Waals surface area contributed by atoms with Gasteiger partial charge in [-0.2, -0.15) is 0 Å². The average molecular weight is 363 g/mol. The third-order valence-electron chi connectivity index (χ3n) is 6.05. The molecule has 0 fully saturated rings. The van der Waals surface area contributed by atoms with Crippen molar-refractivity contribution in [2.24, 2.45) is 5.73 Å². The van der Waals surface area contributed by atoms with Gasteiger partial charge in [0.2, 0.25) is 5.91 Å². The first-order valence-electron chi connectivity index (χ1n) is 9.85. The zero-order valence-electron chi connectivity index (χ0n) is 16.4. The molecule has 5 heteroatoms. The molecule has 0 saturated heterocycles. The van der Waals surface area contributed by atoms with Crippen molar-refractivity contribution < 1.29 is 14.6 Å². The molecular formula is C21H34N2O3. The predicted molar refractivity (Wildman–Crippen MR) is 104 cm³/mol. The molecule has 2 unspecified atom stereocenters. The van der Waals surface area contributed by atoms with Crippen LogP contribution in [0.4, 0.5) is 0 Å². The molecule has 1 aliphatic rings. The van der Waals surface area contributed by atoms with E-state index in [0.29, 0.717) is 12.2 Å². The van der Waals surface area contributed by atoms with Crippen LogP contribution in [0, 0.1) is 0 Å². The van der Waals surface area contributed by atoms with Gasteiger partial charge < -0.3 is 20.9 Å². The monoisotopic (exact) mass is 362 g/mol. The Morgan fingerprint density at radius 2 is 2.04 bits per heavy atom. The van der Waals surface area contributed by atoms with E-state index in [1.165, 1.54) is 11.1 Å². The zero-order chi connectivity index (χ0) is 19.2. The molecule has 0 aliphatic heterocycles. The second kappa shape index (κ2) is 9.38. The quantitative estimate of drug-likeness (QED) is 0.559. The number of hydrogen-bond donors (Lipinski definition) is 3. The molecule has 0 heterocycles. The Kier molecular flexibility index (Phi) is 7.47. The molecule has 0 spiro atoms. The number of unbranched alkanes of at least 4 members (excludes halogenated alkanes) is 2. The number of hydrogen-bond acceptors (Lipinski definition) is 4.